The third-order valence-corrected chi connectivity index (χ3v) is 3.22. The van der Waals surface area contributed by atoms with Crippen molar-refractivity contribution < 1.29 is 9.18 Å². The van der Waals surface area contributed by atoms with E-state index in [-0.39, 0.29) is 23.8 Å². The van der Waals surface area contributed by atoms with Crippen LogP contribution in [0.3, 0.4) is 0 Å². The largest absolute Gasteiger partial charge is 0.352 e. The van der Waals surface area contributed by atoms with E-state index in [1.807, 2.05) is 6.92 Å². The highest BCUT2D eigenvalue weighted by molar-refractivity contribution is 5.82. The number of amides is 1. The Labute approximate surface area is 107 Å². The lowest BCUT2D eigenvalue weighted by molar-refractivity contribution is -0.123. The van der Waals surface area contributed by atoms with Gasteiger partial charge in [0, 0.05) is 6.04 Å². The van der Waals surface area contributed by atoms with E-state index >= 15 is 0 Å². The number of carbonyl (C=O) groups excluding carboxylic acids is 1. The summed E-state index contributed by atoms with van der Waals surface area (Å²) < 4.78 is 12.8. The highest BCUT2D eigenvalue weighted by atomic mass is 19.1. The Morgan fingerprint density at radius 1 is 1.50 bits per heavy atom. The van der Waals surface area contributed by atoms with Gasteiger partial charge < -0.3 is 10.6 Å². The number of halogens is 1. The summed E-state index contributed by atoms with van der Waals surface area (Å²) in [6, 6.07) is 6.42. The highest BCUT2D eigenvalue weighted by Crippen LogP contribution is 2.08. The van der Waals surface area contributed by atoms with E-state index in [1.54, 1.807) is 12.1 Å². The molecule has 1 heterocycles. The Balaban J connectivity index is 1.82. The van der Waals surface area contributed by atoms with E-state index in [2.05, 4.69) is 10.6 Å². The number of hydrogen-bond acceptors (Lipinski definition) is 2. The van der Waals surface area contributed by atoms with Crippen LogP contribution in [0.4, 0.5) is 4.39 Å². The predicted molar refractivity (Wildman–Crippen MR) is 68.7 cm³/mol. The van der Waals surface area contributed by atoms with E-state index in [1.165, 1.54) is 12.1 Å². The predicted octanol–water partition coefficient (Wildman–Crippen LogP) is 1.62. The number of benzene rings is 1. The van der Waals surface area contributed by atoms with Crippen molar-refractivity contribution in [1.29, 1.82) is 0 Å². The first-order valence-corrected chi connectivity index (χ1v) is 6.43. The molecule has 18 heavy (non-hydrogen) atoms. The average molecular weight is 250 g/mol. The lowest BCUT2D eigenvalue weighted by atomic mass is 10.1. The maximum absolute atomic E-state index is 12.8. The van der Waals surface area contributed by atoms with Crippen molar-refractivity contribution in [3.8, 4) is 0 Å². The minimum absolute atomic E-state index is 0.0410. The molecule has 98 valence electrons. The van der Waals surface area contributed by atoms with E-state index in [4.69, 9.17) is 0 Å². The van der Waals surface area contributed by atoms with Gasteiger partial charge in [0.25, 0.3) is 0 Å². The molecule has 1 aliphatic rings. The summed E-state index contributed by atoms with van der Waals surface area (Å²) in [5, 5.41) is 6.16. The first-order chi connectivity index (χ1) is 8.65. The molecule has 1 aromatic rings. The zero-order valence-electron chi connectivity index (χ0n) is 10.6. The van der Waals surface area contributed by atoms with Gasteiger partial charge in [-0.2, -0.15) is 0 Å². The van der Waals surface area contributed by atoms with Crippen molar-refractivity contribution in [2.75, 3.05) is 6.54 Å². The van der Waals surface area contributed by atoms with Crippen LogP contribution in [-0.2, 0) is 11.2 Å². The summed E-state index contributed by atoms with van der Waals surface area (Å²) in [5.74, 6) is -0.160. The van der Waals surface area contributed by atoms with Crippen LogP contribution >= 0.6 is 0 Å². The SMILES string of the molecule is CC(Cc1ccc(F)cc1)NC(=O)C1CCCN1. The average Bonchev–Trinajstić information content (AvgIpc) is 2.85. The van der Waals surface area contributed by atoms with Gasteiger partial charge in [-0.05, 0) is 50.4 Å². The molecular weight excluding hydrogens is 231 g/mol. The van der Waals surface area contributed by atoms with Gasteiger partial charge in [-0.1, -0.05) is 12.1 Å². The molecule has 0 radical (unpaired) electrons. The Morgan fingerprint density at radius 2 is 2.22 bits per heavy atom. The molecule has 1 amide bonds. The van der Waals surface area contributed by atoms with Crippen LogP contribution in [0.25, 0.3) is 0 Å². The molecule has 2 rings (SSSR count). The summed E-state index contributed by atoms with van der Waals surface area (Å²) in [5.41, 5.74) is 1.03. The van der Waals surface area contributed by atoms with Crippen LogP contribution in [-0.4, -0.2) is 24.5 Å². The van der Waals surface area contributed by atoms with E-state index in [9.17, 15) is 9.18 Å². The fourth-order valence-electron chi connectivity index (χ4n) is 2.28. The first-order valence-electron chi connectivity index (χ1n) is 6.43. The van der Waals surface area contributed by atoms with Gasteiger partial charge in [-0.3, -0.25) is 4.79 Å². The molecule has 1 aromatic carbocycles. The minimum atomic E-state index is -0.231. The van der Waals surface area contributed by atoms with Crippen LogP contribution in [0, 0.1) is 5.82 Å². The topological polar surface area (TPSA) is 41.1 Å². The minimum Gasteiger partial charge on any atom is -0.352 e. The van der Waals surface area contributed by atoms with E-state index < -0.39 is 0 Å². The van der Waals surface area contributed by atoms with Gasteiger partial charge >= 0.3 is 0 Å². The van der Waals surface area contributed by atoms with Gasteiger partial charge in [-0.25, -0.2) is 4.39 Å². The second kappa shape index (κ2) is 5.96. The molecule has 1 fully saturated rings. The van der Waals surface area contributed by atoms with Crippen molar-refractivity contribution in [2.45, 2.75) is 38.3 Å². The molecule has 0 bridgehead atoms. The highest BCUT2D eigenvalue weighted by Gasteiger charge is 2.22. The molecule has 0 spiro atoms. The molecule has 2 unspecified atom stereocenters. The quantitative estimate of drug-likeness (QED) is 0.852. The van der Waals surface area contributed by atoms with Gasteiger partial charge in [0.05, 0.1) is 6.04 Å². The number of hydrogen-bond donors (Lipinski definition) is 2. The lowest BCUT2D eigenvalue weighted by Gasteiger charge is -2.17. The summed E-state index contributed by atoms with van der Waals surface area (Å²) in [4.78, 5) is 11.9. The molecular formula is C14H19FN2O. The van der Waals surface area contributed by atoms with E-state index in [0.717, 1.165) is 31.4 Å². The lowest BCUT2D eigenvalue weighted by Crippen LogP contribution is -2.44. The molecule has 2 N–H and O–H groups in total. The van der Waals surface area contributed by atoms with Crippen molar-refractivity contribution in [3.63, 3.8) is 0 Å². The second-order valence-corrected chi connectivity index (χ2v) is 4.89. The number of nitrogens with one attached hydrogen (secondary N) is 2. The summed E-state index contributed by atoms with van der Waals surface area (Å²) in [7, 11) is 0. The maximum Gasteiger partial charge on any atom is 0.237 e. The van der Waals surface area contributed by atoms with Crippen molar-refractivity contribution >= 4 is 5.91 Å². The normalized spacial score (nSPS) is 20.7. The van der Waals surface area contributed by atoms with Gasteiger partial charge in [0.15, 0.2) is 0 Å². The third kappa shape index (κ3) is 3.53. The van der Waals surface area contributed by atoms with Crippen molar-refractivity contribution in [1.82, 2.24) is 10.6 Å². The summed E-state index contributed by atoms with van der Waals surface area (Å²) in [6.45, 7) is 2.89. The Morgan fingerprint density at radius 3 is 2.83 bits per heavy atom. The molecule has 0 aliphatic carbocycles. The third-order valence-electron chi connectivity index (χ3n) is 3.22. The first kappa shape index (κ1) is 13.0. The molecule has 0 aromatic heterocycles. The van der Waals surface area contributed by atoms with Crippen LogP contribution in [0.1, 0.15) is 25.3 Å². The van der Waals surface area contributed by atoms with Crippen LogP contribution < -0.4 is 10.6 Å². The Bertz CT molecular complexity index is 399. The summed E-state index contributed by atoms with van der Waals surface area (Å²) >= 11 is 0. The molecule has 1 aliphatic heterocycles. The molecule has 3 nitrogen and oxygen atoms in total. The van der Waals surface area contributed by atoms with Crippen molar-refractivity contribution in [2.24, 2.45) is 0 Å². The van der Waals surface area contributed by atoms with Gasteiger partial charge in [0.1, 0.15) is 5.82 Å². The monoisotopic (exact) mass is 250 g/mol. The number of rotatable bonds is 4. The number of carbonyl (C=O) groups is 1. The van der Waals surface area contributed by atoms with Crippen molar-refractivity contribution in [3.05, 3.63) is 35.6 Å². The second-order valence-electron chi connectivity index (χ2n) is 4.89. The zero-order valence-corrected chi connectivity index (χ0v) is 10.6. The molecule has 4 heteroatoms. The smallest absolute Gasteiger partial charge is 0.237 e. The fourth-order valence-corrected chi connectivity index (χ4v) is 2.28. The summed E-state index contributed by atoms with van der Waals surface area (Å²) in [6.07, 6.45) is 2.69. The maximum atomic E-state index is 12.8. The fraction of sp³-hybridized carbons (Fsp3) is 0.500. The Hall–Kier alpha value is -1.42. The van der Waals surface area contributed by atoms with Gasteiger partial charge in [0.2, 0.25) is 5.91 Å². The van der Waals surface area contributed by atoms with Crippen LogP contribution in [0.2, 0.25) is 0 Å². The standard InChI is InChI=1S/C14H19FN2O/c1-10(9-11-4-6-12(15)7-5-11)17-14(18)13-3-2-8-16-13/h4-7,10,13,16H,2-3,8-9H2,1H3,(H,17,18). The molecule has 1 saturated heterocycles. The van der Waals surface area contributed by atoms with Crippen LogP contribution in [0.15, 0.2) is 24.3 Å². The molecule has 0 saturated carbocycles. The molecule has 2 atom stereocenters. The zero-order chi connectivity index (χ0) is 13.0. The van der Waals surface area contributed by atoms with Gasteiger partial charge in [-0.15, -0.1) is 0 Å². The Kier molecular flexibility index (Phi) is 4.31. The van der Waals surface area contributed by atoms with Crippen LogP contribution in [0.5, 0.6) is 0 Å². The van der Waals surface area contributed by atoms with E-state index in [0.29, 0.717) is 0 Å².